The summed E-state index contributed by atoms with van der Waals surface area (Å²) in [6, 6.07) is 3.04. The molecule has 0 aromatic carbocycles. The van der Waals surface area contributed by atoms with Gasteiger partial charge in [-0.3, -0.25) is 9.59 Å². The number of hydrogen-bond acceptors (Lipinski definition) is 5. The summed E-state index contributed by atoms with van der Waals surface area (Å²) in [5.74, 6) is 2.33. The Morgan fingerprint density at radius 1 is 1.59 bits per heavy atom. The minimum Gasteiger partial charge on any atom is -0.312 e. The van der Waals surface area contributed by atoms with Crippen molar-refractivity contribution >= 4 is 23.5 Å². The molecule has 92 valence electrons. The van der Waals surface area contributed by atoms with Crippen LogP contribution in [-0.4, -0.2) is 40.2 Å². The number of amides is 1. The molecule has 1 aromatic rings. The molecule has 2 rings (SSSR count). The maximum Gasteiger partial charge on any atom is 0.264 e. The Morgan fingerprint density at radius 2 is 2.47 bits per heavy atom. The topological polar surface area (TPSA) is 86.9 Å². The zero-order valence-corrected chi connectivity index (χ0v) is 10.0. The van der Waals surface area contributed by atoms with E-state index >= 15 is 0 Å². The molecule has 1 unspecified atom stereocenters. The number of H-pyrrole nitrogens is 1. The molecule has 1 saturated heterocycles. The Kier molecular flexibility index (Phi) is 4.16. The maximum absolute atomic E-state index is 11.7. The molecule has 3 N–H and O–H groups in total. The minimum atomic E-state index is -0.284. The van der Waals surface area contributed by atoms with Gasteiger partial charge in [0.1, 0.15) is 0 Å². The van der Waals surface area contributed by atoms with Crippen molar-refractivity contribution in [2.75, 3.05) is 23.4 Å². The van der Waals surface area contributed by atoms with Crippen molar-refractivity contribution in [2.45, 2.75) is 12.5 Å². The molecule has 0 radical (unpaired) electrons. The summed E-state index contributed by atoms with van der Waals surface area (Å²) in [5, 5.41) is 11.9. The van der Waals surface area contributed by atoms with Crippen molar-refractivity contribution in [1.82, 2.24) is 15.5 Å². The van der Waals surface area contributed by atoms with Gasteiger partial charge in [-0.05, 0) is 6.07 Å². The van der Waals surface area contributed by atoms with Crippen LogP contribution >= 0.6 is 11.8 Å². The number of aromatic amines is 1. The average Bonchev–Trinajstić information content (AvgIpc) is 2.33. The Hall–Kier alpha value is -1.34. The molecule has 1 atom stereocenters. The van der Waals surface area contributed by atoms with Gasteiger partial charge in [-0.2, -0.15) is 16.9 Å². The van der Waals surface area contributed by atoms with Crippen LogP contribution in [0.1, 0.15) is 6.42 Å². The molecule has 1 fully saturated rings. The van der Waals surface area contributed by atoms with E-state index in [9.17, 15) is 9.59 Å². The third kappa shape index (κ3) is 3.86. The van der Waals surface area contributed by atoms with E-state index in [0.717, 1.165) is 18.1 Å². The largest absolute Gasteiger partial charge is 0.312 e. The second-order valence-electron chi connectivity index (χ2n) is 3.78. The zero-order chi connectivity index (χ0) is 12.1. The molecule has 7 heteroatoms. The molecule has 2 heterocycles. The number of rotatable bonds is 3. The van der Waals surface area contributed by atoms with Crippen LogP contribution in [0, 0.1) is 0 Å². The normalized spacial score (nSPS) is 19.9. The van der Waals surface area contributed by atoms with E-state index in [1.54, 1.807) is 0 Å². The quantitative estimate of drug-likeness (QED) is 0.695. The molecule has 1 aliphatic heterocycles. The summed E-state index contributed by atoms with van der Waals surface area (Å²) in [6.07, 6.45) is 0.424. The molecular formula is C10H14N4O2S. The first kappa shape index (κ1) is 12.1. The fourth-order valence-electron chi connectivity index (χ4n) is 1.58. The van der Waals surface area contributed by atoms with E-state index < -0.39 is 0 Å². The van der Waals surface area contributed by atoms with E-state index in [0.29, 0.717) is 12.2 Å². The van der Waals surface area contributed by atoms with Gasteiger partial charge in [0, 0.05) is 36.6 Å². The molecule has 0 bridgehead atoms. The highest BCUT2D eigenvalue weighted by atomic mass is 32.2. The second kappa shape index (κ2) is 5.83. The first-order valence-corrected chi connectivity index (χ1v) is 6.56. The molecule has 1 amide bonds. The predicted octanol–water partition coefficient (Wildman–Crippen LogP) is -0.197. The second-order valence-corrected chi connectivity index (χ2v) is 4.93. The van der Waals surface area contributed by atoms with Crippen LogP contribution < -0.4 is 16.2 Å². The SMILES string of the molecule is O=C(CC1CSCCN1)Nc1ccc(=O)[nH]n1. The van der Waals surface area contributed by atoms with Gasteiger partial charge < -0.3 is 10.6 Å². The van der Waals surface area contributed by atoms with Gasteiger partial charge >= 0.3 is 0 Å². The first-order chi connectivity index (χ1) is 8.24. The van der Waals surface area contributed by atoms with Crippen molar-refractivity contribution in [3.05, 3.63) is 22.5 Å². The standard InChI is InChI=1S/C10H14N4O2S/c15-9-2-1-8(13-14-9)12-10(16)5-7-6-17-4-3-11-7/h1-2,7,11H,3-6H2,(H,14,15)(H,12,13,16). The van der Waals surface area contributed by atoms with Crippen molar-refractivity contribution in [2.24, 2.45) is 0 Å². The van der Waals surface area contributed by atoms with Gasteiger partial charge in [0.25, 0.3) is 5.56 Å². The van der Waals surface area contributed by atoms with Crippen LogP contribution in [0.5, 0.6) is 0 Å². The summed E-state index contributed by atoms with van der Waals surface area (Å²) < 4.78 is 0. The first-order valence-electron chi connectivity index (χ1n) is 5.41. The minimum absolute atomic E-state index is 0.0930. The van der Waals surface area contributed by atoms with Gasteiger partial charge in [-0.25, -0.2) is 5.10 Å². The third-order valence-corrected chi connectivity index (χ3v) is 3.51. The Bertz CT molecular complexity index is 422. The Morgan fingerprint density at radius 3 is 3.12 bits per heavy atom. The number of nitrogens with zero attached hydrogens (tertiary/aromatic N) is 1. The Balaban J connectivity index is 1.84. The van der Waals surface area contributed by atoms with Gasteiger partial charge in [0.2, 0.25) is 5.91 Å². The van der Waals surface area contributed by atoms with E-state index in [1.165, 1.54) is 12.1 Å². The average molecular weight is 254 g/mol. The van der Waals surface area contributed by atoms with Gasteiger partial charge in [0.15, 0.2) is 5.82 Å². The lowest BCUT2D eigenvalue weighted by Gasteiger charge is -2.22. The third-order valence-electron chi connectivity index (χ3n) is 2.38. The summed E-state index contributed by atoms with van der Waals surface area (Å²) in [7, 11) is 0. The van der Waals surface area contributed by atoms with Crippen LogP contribution in [0.2, 0.25) is 0 Å². The predicted molar refractivity (Wildman–Crippen MR) is 67.2 cm³/mol. The number of carbonyl (C=O) groups is 1. The molecule has 0 saturated carbocycles. The van der Waals surface area contributed by atoms with Crippen molar-refractivity contribution in [1.29, 1.82) is 0 Å². The van der Waals surface area contributed by atoms with Crippen LogP contribution in [0.3, 0.4) is 0 Å². The summed E-state index contributed by atoms with van der Waals surface area (Å²) >= 11 is 1.85. The monoisotopic (exact) mass is 254 g/mol. The number of carbonyl (C=O) groups excluding carboxylic acids is 1. The summed E-state index contributed by atoms with van der Waals surface area (Å²) in [4.78, 5) is 22.5. The van der Waals surface area contributed by atoms with E-state index in [-0.39, 0.29) is 17.5 Å². The number of anilines is 1. The summed E-state index contributed by atoms with van der Waals surface area (Å²) in [5.41, 5.74) is -0.284. The summed E-state index contributed by atoms with van der Waals surface area (Å²) in [6.45, 7) is 0.944. The fraction of sp³-hybridized carbons (Fsp3) is 0.500. The molecule has 6 nitrogen and oxygen atoms in total. The van der Waals surface area contributed by atoms with Crippen LogP contribution in [-0.2, 0) is 4.79 Å². The van der Waals surface area contributed by atoms with Crippen molar-refractivity contribution in [3.63, 3.8) is 0 Å². The van der Waals surface area contributed by atoms with Gasteiger partial charge in [-0.1, -0.05) is 0 Å². The number of aromatic nitrogens is 2. The van der Waals surface area contributed by atoms with E-state index in [4.69, 9.17) is 0 Å². The molecule has 17 heavy (non-hydrogen) atoms. The number of hydrogen-bond donors (Lipinski definition) is 3. The lowest BCUT2D eigenvalue weighted by molar-refractivity contribution is -0.116. The Labute approximate surface area is 103 Å². The van der Waals surface area contributed by atoms with Crippen LogP contribution in [0.15, 0.2) is 16.9 Å². The highest BCUT2D eigenvalue weighted by Crippen LogP contribution is 2.10. The highest BCUT2D eigenvalue weighted by molar-refractivity contribution is 7.99. The van der Waals surface area contributed by atoms with Crippen molar-refractivity contribution in [3.8, 4) is 0 Å². The van der Waals surface area contributed by atoms with Crippen LogP contribution in [0.25, 0.3) is 0 Å². The zero-order valence-electron chi connectivity index (χ0n) is 9.23. The van der Waals surface area contributed by atoms with Gasteiger partial charge in [-0.15, -0.1) is 0 Å². The molecular weight excluding hydrogens is 240 g/mol. The molecule has 1 aliphatic rings. The molecule has 0 aliphatic carbocycles. The number of nitrogens with one attached hydrogen (secondary N) is 3. The van der Waals surface area contributed by atoms with Crippen molar-refractivity contribution < 1.29 is 4.79 Å². The van der Waals surface area contributed by atoms with Gasteiger partial charge in [0.05, 0.1) is 0 Å². The molecule has 0 spiro atoms. The maximum atomic E-state index is 11.7. The lowest BCUT2D eigenvalue weighted by Crippen LogP contribution is -2.40. The van der Waals surface area contributed by atoms with Crippen LogP contribution in [0.4, 0.5) is 5.82 Å². The van der Waals surface area contributed by atoms with E-state index in [1.807, 2.05) is 11.8 Å². The van der Waals surface area contributed by atoms with E-state index in [2.05, 4.69) is 20.8 Å². The fourth-order valence-corrected chi connectivity index (χ4v) is 2.53. The number of thioether (sulfide) groups is 1. The lowest BCUT2D eigenvalue weighted by atomic mass is 10.2. The molecule has 1 aromatic heterocycles. The smallest absolute Gasteiger partial charge is 0.264 e. The highest BCUT2D eigenvalue weighted by Gasteiger charge is 2.16.